The Morgan fingerprint density at radius 1 is 1.12 bits per heavy atom. The SMILES string of the molecule is C[C@H](Oc1ccc(N(C)S(C)(=O)=O)cc1)C(=O)NCc1ccccc1. The molecule has 0 aromatic heterocycles. The van der Waals surface area contributed by atoms with Crippen molar-refractivity contribution in [3.05, 3.63) is 60.2 Å². The van der Waals surface area contributed by atoms with E-state index in [0.29, 0.717) is 18.0 Å². The molecule has 6 nitrogen and oxygen atoms in total. The largest absolute Gasteiger partial charge is 0.481 e. The first-order valence-corrected chi connectivity index (χ1v) is 9.64. The molecule has 2 rings (SSSR count). The van der Waals surface area contributed by atoms with Crippen LogP contribution >= 0.6 is 0 Å². The van der Waals surface area contributed by atoms with Gasteiger partial charge in [0, 0.05) is 13.6 Å². The van der Waals surface area contributed by atoms with Gasteiger partial charge in [-0.1, -0.05) is 30.3 Å². The number of ether oxygens (including phenoxy) is 1. The van der Waals surface area contributed by atoms with E-state index in [1.54, 1.807) is 31.2 Å². The Bertz CT molecular complexity index is 805. The van der Waals surface area contributed by atoms with E-state index in [1.165, 1.54) is 11.4 Å². The number of benzene rings is 2. The van der Waals surface area contributed by atoms with Gasteiger partial charge in [0.2, 0.25) is 10.0 Å². The van der Waals surface area contributed by atoms with Gasteiger partial charge in [0.05, 0.1) is 11.9 Å². The molecular formula is C18H22N2O4S. The summed E-state index contributed by atoms with van der Waals surface area (Å²) in [6.45, 7) is 2.10. The van der Waals surface area contributed by atoms with E-state index in [0.717, 1.165) is 11.8 Å². The van der Waals surface area contributed by atoms with Gasteiger partial charge in [-0.25, -0.2) is 8.42 Å². The lowest BCUT2D eigenvalue weighted by atomic mass is 10.2. The number of carbonyl (C=O) groups is 1. The summed E-state index contributed by atoms with van der Waals surface area (Å²) in [7, 11) is -1.83. The van der Waals surface area contributed by atoms with Crippen LogP contribution < -0.4 is 14.4 Å². The number of nitrogens with zero attached hydrogens (tertiary/aromatic N) is 1. The molecule has 1 N–H and O–H groups in total. The highest BCUT2D eigenvalue weighted by Crippen LogP contribution is 2.21. The van der Waals surface area contributed by atoms with E-state index in [4.69, 9.17) is 4.74 Å². The molecule has 2 aromatic rings. The maximum absolute atomic E-state index is 12.1. The van der Waals surface area contributed by atoms with Crippen molar-refractivity contribution in [2.75, 3.05) is 17.6 Å². The molecule has 25 heavy (non-hydrogen) atoms. The Kier molecular flexibility index (Phi) is 6.03. The Hall–Kier alpha value is -2.54. The molecule has 0 saturated heterocycles. The first-order chi connectivity index (χ1) is 11.8. The number of nitrogens with one attached hydrogen (secondary N) is 1. The van der Waals surface area contributed by atoms with Gasteiger partial charge in [-0.15, -0.1) is 0 Å². The van der Waals surface area contributed by atoms with Crippen LogP contribution in [-0.2, 0) is 21.4 Å². The van der Waals surface area contributed by atoms with Gasteiger partial charge in [0.15, 0.2) is 6.10 Å². The standard InChI is InChI=1S/C18H22N2O4S/c1-14(18(21)19-13-15-7-5-4-6-8-15)24-17-11-9-16(10-12-17)20(2)25(3,22)23/h4-12,14H,13H2,1-3H3,(H,19,21)/t14-/m0/s1. The first kappa shape index (κ1) is 18.8. The van der Waals surface area contributed by atoms with Crippen molar-refractivity contribution in [3.63, 3.8) is 0 Å². The fourth-order valence-electron chi connectivity index (χ4n) is 2.11. The average Bonchev–Trinajstić information content (AvgIpc) is 2.59. The molecule has 0 heterocycles. The topological polar surface area (TPSA) is 75.7 Å². The average molecular weight is 362 g/mol. The Labute approximate surface area is 148 Å². The van der Waals surface area contributed by atoms with E-state index in [-0.39, 0.29) is 5.91 Å². The smallest absolute Gasteiger partial charge is 0.261 e. The summed E-state index contributed by atoms with van der Waals surface area (Å²) in [4.78, 5) is 12.1. The van der Waals surface area contributed by atoms with Crippen molar-refractivity contribution in [3.8, 4) is 5.75 Å². The summed E-state index contributed by atoms with van der Waals surface area (Å²) >= 11 is 0. The number of amides is 1. The van der Waals surface area contributed by atoms with E-state index >= 15 is 0 Å². The predicted octanol–water partition coefficient (Wildman–Crippen LogP) is 2.17. The monoisotopic (exact) mass is 362 g/mol. The van der Waals surface area contributed by atoms with Crippen LogP contribution in [0.5, 0.6) is 5.75 Å². The number of rotatable bonds is 7. The zero-order chi connectivity index (χ0) is 18.4. The second-order valence-corrected chi connectivity index (χ2v) is 7.70. The maximum Gasteiger partial charge on any atom is 0.261 e. The Balaban J connectivity index is 1.91. The van der Waals surface area contributed by atoms with Gasteiger partial charge < -0.3 is 10.1 Å². The van der Waals surface area contributed by atoms with Crippen LogP contribution in [-0.4, -0.2) is 33.7 Å². The van der Waals surface area contributed by atoms with Crippen molar-refractivity contribution in [2.24, 2.45) is 0 Å². The van der Waals surface area contributed by atoms with Gasteiger partial charge in [0.1, 0.15) is 5.75 Å². The molecule has 1 atom stereocenters. The number of sulfonamides is 1. The fourth-order valence-corrected chi connectivity index (χ4v) is 2.62. The molecule has 134 valence electrons. The Morgan fingerprint density at radius 2 is 1.72 bits per heavy atom. The molecule has 1 amide bonds. The summed E-state index contributed by atoms with van der Waals surface area (Å²) in [6.07, 6.45) is 0.471. The highest BCUT2D eigenvalue weighted by Gasteiger charge is 2.15. The number of carbonyl (C=O) groups excluding carboxylic acids is 1. The normalized spacial score (nSPS) is 12.3. The summed E-state index contributed by atoms with van der Waals surface area (Å²) in [6, 6.07) is 16.1. The lowest BCUT2D eigenvalue weighted by Crippen LogP contribution is -2.35. The van der Waals surface area contributed by atoms with Gasteiger partial charge in [-0.05, 0) is 36.8 Å². The zero-order valence-corrected chi connectivity index (χ0v) is 15.3. The molecule has 7 heteroatoms. The molecule has 0 spiro atoms. The van der Waals surface area contributed by atoms with E-state index in [2.05, 4.69) is 5.32 Å². The molecule has 0 aliphatic carbocycles. The molecule has 0 saturated carbocycles. The van der Waals surface area contributed by atoms with Gasteiger partial charge >= 0.3 is 0 Å². The first-order valence-electron chi connectivity index (χ1n) is 7.79. The van der Waals surface area contributed by atoms with Crippen LogP contribution in [0.1, 0.15) is 12.5 Å². The molecule has 2 aromatic carbocycles. The van der Waals surface area contributed by atoms with E-state index < -0.39 is 16.1 Å². The third-order valence-corrected chi connectivity index (χ3v) is 4.90. The fraction of sp³-hybridized carbons (Fsp3) is 0.278. The number of anilines is 1. The van der Waals surface area contributed by atoms with Crippen molar-refractivity contribution in [1.29, 1.82) is 0 Å². The summed E-state index contributed by atoms with van der Waals surface area (Å²) in [5.41, 5.74) is 1.53. The quantitative estimate of drug-likeness (QED) is 0.819. The molecule has 0 aliphatic heterocycles. The van der Waals surface area contributed by atoms with Gasteiger partial charge in [-0.2, -0.15) is 0 Å². The highest BCUT2D eigenvalue weighted by atomic mass is 32.2. The van der Waals surface area contributed by atoms with Crippen molar-refractivity contribution in [2.45, 2.75) is 19.6 Å². The lowest BCUT2D eigenvalue weighted by molar-refractivity contribution is -0.127. The van der Waals surface area contributed by atoms with Crippen LogP contribution in [0.25, 0.3) is 0 Å². The van der Waals surface area contributed by atoms with Crippen LogP contribution in [0, 0.1) is 0 Å². The molecule has 0 bridgehead atoms. The third-order valence-electron chi connectivity index (χ3n) is 3.69. The van der Waals surface area contributed by atoms with Gasteiger partial charge in [-0.3, -0.25) is 9.10 Å². The van der Waals surface area contributed by atoms with E-state index in [9.17, 15) is 13.2 Å². The minimum absolute atomic E-state index is 0.221. The lowest BCUT2D eigenvalue weighted by Gasteiger charge is -2.18. The van der Waals surface area contributed by atoms with Crippen LogP contribution in [0.15, 0.2) is 54.6 Å². The van der Waals surface area contributed by atoms with E-state index in [1.807, 2.05) is 30.3 Å². The van der Waals surface area contributed by atoms with Crippen LogP contribution in [0.2, 0.25) is 0 Å². The molecule has 0 radical (unpaired) electrons. The molecule has 0 fully saturated rings. The van der Waals surface area contributed by atoms with Crippen molar-refractivity contribution >= 4 is 21.6 Å². The number of hydrogen-bond acceptors (Lipinski definition) is 4. The minimum Gasteiger partial charge on any atom is -0.481 e. The molecular weight excluding hydrogens is 340 g/mol. The molecule has 0 unspecified atom stereocenters. The van der Waals surface area contributed by atoms with Crippen molar-refractivity contribution in [1.82, 2.24) is 5.32 Å². The molecule has 0 aliphatic rings. The summed E-state index contributed by atoms with van der Waals surface area (Å²) in [5.74, 6) is 0.272. The highest BCUT2D eigenvalue weighted by molar-refractivity contribution is 7.92. The van der Waals surface area contributed by atoms with Crippen LogP contribution in [0.3, 0.4) is 0 Å². The van der Waals surface area contributed by atoms with Crippen LogP contribution in [0.4, 0.5) is 5.69 Å². The second kappa shape index (κ2) is 8.02. The second-order valence-electron chi connectivity index (χ2n) is 5.69. The Morgan fingerprint density at radius 3 is 2.28 bits per heavy atom. The van der Waals surface area contributed by atoms with Crippen molar-refractivity contribution < 1.29 is 17.9 Å². The predicted molar refractivity (Wildman–Crippen MR) is 98.1 cm³/mol. The van der Waals surface area contributed by atoms with Gasteiger partial charge in [0.25, 0.3) is 5.91 Å². The number of hydrogen-bond donors (Lipinski definition) is 1. The summed E-state index contributed by atoms with van der Waals surface area (Å²) < 4.78 is 29.8. The maximum atomic E-state index is 12.1. The zero-order valence-electron chi connectivity index (χ0n) is 14.5. The third kappa shape index (κ3) is 5.49. The minimum atomic E-state index is -3.31. The summed E-state index contributed by atoms with van der Waals surface area (Å²) in [5, 5.41) is 2.82.